The Labute approximate surface area is 138 Å². The second-order valence-electron chi connectivity index (χ2n) is 9.18. The van der Waals surface area contributed by atoms with Crippen LogP contribution in [-0.4, -0.2) is 40.6 Å². The largest absolute Gasteiger partial charge is 0.481 e. The van der Waals surface area contributed by atoms with E-state index in [9.17, 15) is 9.59 Å². The van der Waals surface area contributed by atoms with E-state index in [1.807, 2.05) is 0 Å². The van der Waals surface area contributed by atoms with Crippen LogP contribution in [0.1, 0.15) is 65.7 Å². The second kappa shape index (κ2) is 5.67. The van der Waals surface area contributed by atoms with Crippen LogP contribution >= 0.6 is 0 Å². The first-order valence-corrected chi connectivity index (χ1v) is 8.97. The van der Waals surface area contributed by atoms with E-state index in [4.69, 9.17) is 5.11 Å². The van der Waals surface area contributed by atoms with Gasteiger partial charge in [0.05, 0.1) is 5.92 Å². The van der Waals surface area contributed by atoms with Gasteiger partial charge in [0.25, 0.3) is 0 Å². The lowest BCUT2D eigenvalue weighted by Crippen LogP contribution is -2.48. The third-order valence-electron chi connectivity index (χ3n) is 6.08. The molecule has 2 bridgehead atoms. The van der Waals surface area contributed by atoms with Crippen LogP contribution in [0.4, 0.5) is 4.79 Å². The number of aliphatic carboxylic acids is 1. The first-order valence-electron chi connectivity index (χ1n) is 8.97. The first-order chi connectivity index (χ1) is 10.7. The Hall–Kier alpha value is -1.26. The molecule has 0 aromatic heterocycles. The fourth-order valence-electron chi connectivity index (χ4n) is 5.44. The SMILES string of the molecule is CC1(C)CC2CC(C)(CN2C(=O)NC2CCC(C(=O)O)CC2)C1. The molecule has 2 atom stereocenters. The third-order valence-corrected chi connectivity index (χ3v) is 6.08. The zero-order chi connectivity index (χ0) is 16.8. The highest BCUT2D eigenvalue weighted by molar-refractivity contribution is 5.75. The van der Waals surface area contributed by atoms with Gasteiger partial charge < -0.3 is 15.3 Å². The lowest BCUT2D eigenvalue weighted by molar-refractivity contribution is -0.142. The number of hydrogen-bond acceptors (Lipinski definition) is 2. The van der Waals surface area contributed by atoms with Gasteiger partial charge in [-0.2, -0.15) is 0 Å². The van der Waals surface area contributed by atoms with Gasteiger partial charge in [-0.1, -0.05) is 20.8 Å². The predicted octanol–water partition coefficient (Wildman–Crippen LogP) is 3.24. The van der Waals surface area contributed by atoms with Crippen molar-refractivity contribution in [2.24, 2.45) is 16.7 Å². The summed E-state index contributed by atoms with van der Waals surface area (Å²) < 4.78 is 0. The molecule has 0 spiro atoms. The van der Waals surface area contributed by atoms with Gasteiger partial charge in [0.15, 0.2) is 0 Å². The number of carboxylic acid groups (broad SMARTS) is 1. The minimum absolute atomic E-state index is 0.0650. The molecule has 23 heavy (non-hydrogen) atoms. The van der Waals surface area contributed by atoms with Gasteiger partial charge in [-0.3, -0.25) is 4.79 Å². The zero-order valence-electron chi connectivity index (χ0n) is 14.6. The molecule has 2 unspecified atom stereocenters. The number of fused-ring (bicyclic) bond motifs is 2. The Kier molecular flexibility index (Phi) is 4.09. The Morgan fingerprint density at radius 2 is 1.74 bits per heavy atom. The molecule has 1 heterocycles. The van der Waals surface area contributed by atoms with Crippen molar-refractivity contribution in [3.05, 3.63) is 0 Å². The Balaban J connectivity index is 1.57. The number of likely N-dealkylation sites (tertiary alicyclic amines) is 1. The summed E-state index contributed by atoms with van der Waals surface area (Å²) in [5.74, 6) is -0.924. The summed E-state index contributed by atoms with van der Waals surface area (Å²) >= 11 is 0. The van der Waals surface area contributed by atoms with Crippen LogP contribution in [-0.2, 0) is 4.79 Å². The quantitative estimate of drug-likeness (QED) is 0.820. The molecule has 0 aromatic carbocycles. The van der Waals surface area contributed by atoms with Gasteiger partial charge in [-0.05, 0) is 55.8 Å². The van der Waals surface area contributed by atoms with E-state index in [1.54, 1.807) is 0 Å². The zero-order valence-corrected chi connectivity index (χ0v) is 14.6. The molecule has 5 nitrogen and oxygen atoms in total. The average Bonchev–Trinajstić information content (AvgIpc) is 2.68. The molecule has 130 valence electrons. The molecule has 2 amide bonds. The van der Waals surface area contributed by atoms with Gasteiger partial charge in [0.1, 0.15) is 0 Å². The van der Waals surface area contributed by atoms with E-state index < -0.39 is 5.97 Å². The standard InChI is InChI=1S/C18H30N2O3/c1-17(2)8-14-9-18(3,10-17)11-20(14)16(23)19-13-6-4-12(5-7-13)15(21)22/h12-14H,4-11H2,1-3H3,(H,19,23)(H,21,22). The Morgan fingerprint density at radius 3 is 2.35 bits per heavy atom. The molecule has 1 saturated heterocycles. The summed E-state index contributed by atoms with van der Waals surface area (Å²) in [5.41, 5.74) is 0.566. The van der Waals surface area contributed by atoms with Gasteiger partial charge in [0.2, 0.25) is 0 Å². The van der Waals surface area contributed by atoms with Gasteiger partial charge in [-0.15, -0.1) is 0 Å². The molecule has 3 fully saturated rings. The minimum atomic E-state index is -0.696. The van der Waals surface area contributed by atoms with Crippen molar-refractivity contribution in [1.82, 2.24) is 10.2 Å². The van der Waals surface area contributed by atoms with Gasteiger partial charge >= 0.3 is 12.0 Å². The van der Waals surface area contributed by atoms with Crippen molar-refractivity contribution in [3.63, 3.8) is 0 Å². The molecule has 3 rings (SSSR count). The van der Waals surface area contributed by atoms with Crippen LogP contribution in [0.5, 0.6) is 0 Å². The molecule has 1 aliphatic heterocycles. The lowest BCUT2D eigenvalue weighted by atomic mass is 9.65. The van der Waals surface area contributed by atoms with Crippen molar-refractivity contribution in [1.29, 1.82) is 0 Å². The van der Waals surface area contributed by atoms with Crippen LogP contribution < -0.4 is 5.32 Å². The van der Waals surface area contributed by atoms with E-state index >= 15 is 0 Å². The maximum atomic E-state index is 12.7. The number of urea groups is 1. The van der Waals surface area contributed by atoms with E-state index in [0.29, 0.717) is 24.3 Å². The van der Waals surface area contributed by atoms with E-state index in [0.717, 1.165) is 32.2 Å². The summed E-state index contributed by atoms with van der Waals surface area (Å²) in [6, 6.07) is 0.564. The summed E-state index contributed by atoms with van der Waals surface area (Å²) in [6.45, 7) is 7.79. The monoisotopic (exact) mass is 322 g/mol. The van der Waals surface area contributed by atoms with E-state index in [2.05, 4.69) is 31.0 Å². The van der Waals surface area contributed by atoms with Crippen LogP contribution in [0.2, 0.25) is 0 Å². The molecule has 2 saturated carbocycles. The fourth-order valence-corrected chi connectivity index (χ4v) is 5.44. The van der Waals surface area contributed by atoms with Crippen LogP contribution in [0.15, 0.2) is 0 Å². The summed E-state index contributed by atoms with van der Waals surface area (Å²) in [4.78, 5) is 25.8. The van der Waals surface area contributed by atoms with Gasteiger partial charge in [-0.25, -0.2) is 4.79 Å². The highest BCUT2D eigenvalue weighted by Gasteiger charge is 2.51. The highest BCUT2D eigenvalue weighted by atomic mass is 16.4. The fraction of sp³-hybridized carbons (Fsp3) is 0.889. The maximum absolute atomic E-state index is 12.7. The van der Waals surface area contributed by atoms with E-state index in [-0.39, 0.29) is 23.4 Å². The molecule has 2 N–H and O–H groups in total. The Morgan fingerprint density at radius 1 is 1.09 bits per heavy atom. The van der Waals surface area contributed by atoms with Crippen LogP contribution in [0.3, 0.4) is 0 Å². The molecular weight excluding hydrogens is 292 g/mol. The average molecular weight is 322 g/mol. The minimum Gasteiger partial charge on any atom is -0.481 e. The number of amides is 2. The molecule has 3 aliphatic rings. The van der Waals surface area contributed by atoms with Crippen molar-refractivity contribution >= 4 is 12.0 Å². The number of nitrogens with zero attached hydrogens (tertiary/aromatic N) is 1. The van der Waals surface area contributed by atoms with Crippen LogP contribution in [0.25, 0.3) is 0 Å². The maximum Gasteiger partial charge on any atom is 0.317 e. The molecule has 2 aliphatic carbocycles. The summed E-state index contributed by atoms with van der Waals surface area (Å²) in [7, 11) is 0. The molecule has 5 heteroatoms. The number of carbonyl (C=O) groups is 2. The number of nitrogens with one attached hydrogen (secondary N) is 1. The lowest BCUT2D eigenvalue weighted by Gasteiger charge is -2.39. The smallest absolute Gasteiger partial charge is 0.317 e. The topological polar surface area (TPSA) is 69.6 Å². The summed E-state index contributed by atoms with van der Waals surface area (Å²) in [6.07, 6.45) is 6.30. The molecule has 0 aromatic rings. The number of hydrogen-bond donors (Lipinski definition) is 2. The first kappa shape index (κ1) is 16.6. The summed E-state index contributed by atoms with van der Waals surface area (Å²) in [5, 5.41) is 12.2. The molecule has 0 radical (unpaired) electrons. The normalized spacial score (nSPS) is 39.1. The van der Waals surface area contributed by atoms with E-state index in [1.165, 1.54) is 6.42 Å². The second-order valence-corrected chi connectivity index (χ2v) is 9.18. The molecular formula is C18H30N2O3. The van der Waals surface area contributed by atoms with Crippen molar-refractivity contribution < 1.29 is 14.7 Å². The van der Waals surface area contributed by atoms with Crippen molar-refractivity contribution in [3.8, 4) is 0 Å². The number of carboxylic acids is 1. The number of rotatable bonds is 2. The Bertz CT molecular complexity index is 496. The highest BCUT2D eigenvalue weighted by Crippen LogP contribution is 2.52. The van der Waals surface area contributed by atoms with Crippen LogP contribution in [0, 0.1) is 16.7 Å². The van der Waals surface area contributed by atoms with Gasteiger partial charge in [0, 0.05) is 18.6 Å². The van der Waals surface area contributed by atoms with Crippen molar-refractivity contribution in [2.75, 3.05) is 6.54 Å². The predicted molar refractivity (Wildman–Crippen MR) is 88.1 cm³/mol. The van der Waals surface area contributed by atoms with Crippen molar-refractivity contribution in [2.45, 2.75) is 77.8 Å². The third kappa shape index (κ3) is 3.48. The number of carbonyl (C=O) groups excluding carboxylic acids is 1.